The summed E-state index contributed by atoms with van der Waals surface area (Å²) in [5.41, 5.74) is 4.22. The molecule has 0 spiro atoms. The molecule has 3 aromatic rings. The van der Waals surface area contributed by atoms with Crippen molar-refractivity contribution in [3.8, 4) is 0 Å². The fourth-order valence-corrected chi connectivity index (χ4v) is 3.64. The molecule has 0 aliphatic carbocycles. The van der Waals surface area contributed by atoms with E-state index in [0.29, 0.717) is 35.6 Å². The Morgan fingerprint density at radius 3 is 2.80 bits per heavy atom. The fraction of sp³-hybridized carbons (Fsp3) is 0.261. The molecule has 2 aromatic carbocycles. The van der Waals surface area contributed by atoms with Gasteiger partial charge in [0.15, 0.2) is 0 Å². The number of aromatic amines is 1. The Bertz CT molecular complexity index is 1170. The van der Waals surface area contributed by atoms with Gasteiger partial charge in [0.05, 0.1) is 17.8 Å². The van der Waals surface area contributed by atoms with Crippen molar-refractivity contribution in [3.63, 3.8) is 0 Å². The van der Waals surface area contributed by atoms with E-state index in [1.807, 2.05) is 32.0 Å². The van der Waals surface area contributed by atoms with Crippen molar-refractivity contribution in [1.29, 1.82) is 0 Å². The lowest BCUT2D eigenvalue weighted by molar-refractivity contribution is 0.205. The summed E-state index contributed by atoms with van der Waals surface area (Å²) in [6.45, 7) is 4.60. The molecule has 0 fully saturated rings. The molecule has 6 nitrogen and oxygen atoms in total. The number of rotatable bonds is 3. The number of aryl methyl sites for hydroxylation is 1. The highest BCUT2D eigenvalue weighted by Crippen LogP contribution is 2.20. The first-order valence-corrected chi connectivity index (χ1v) is 9.89. The van der Waals surface area contributed by atoms with Gasteiger partial charge in [-0.15, -0.1) is 0 Å². The van der Waals surface area contributed by atoms with E-state index in [-0.39, 0.29) is 30.4 Å². The minimum atomic E-state index is -0.327. The first kappa shape index (κ1) is 19.8. The quantitative estimate of drug-likeness (QED) is 0.696. The summed E-state index contributed by atoms with van der Waals surface area (Å²) in [6.07, 6.45) is 0.690. The summed E-state index contributed by atoms with van der Waals surface area (Å²) in [6, 6.07) is 11.9. The second-order valence-corrected chi connectivity index (χ2v) is 7.56. The number of carbonyl (C=O) groups excluding carboxylic acids is 1. The van der Waals surface area contributed by atoms with Gasteiger partial charge in [-0.2, -0.15) is 0 Å². The second-order valence-electron chi connectivity index (χ2n) is 7.56. The monoisotopic (exact) mass is 406 g/mol. The number of benzene rings is 2. The maximum atomic E-state index is 13.9. The van der Waals surface area contributed by atoms with Crippen LogP contribution in [-0.4, -0.2) is 27.4 Å². The molecule has 2 N–H and O–H groups in total. The standard InChI is InChI=1S/C23H23FN4O2/c1-14-6-5-9-19(15(14)2)26-23(30)28-11-10-20-17(13-28)22(29)27-21(25-20)12-16-7-3-4-8-18(16)24/h3-9H,10-13H2,1-2H3,(H,26,30)(H,25,27,29). The molecule has 4 rings (SSSR count). The summed E-state index contributed by atoms with van der Waals surface area (Å²) >= 11 is 0. The highest BCUT2D eigenvalue weighted by atomic mass is 19.1. The van der Waals surface area contributed by atoms with E-state index in [1.165, 1.54) is 6.07 Å². The summed E-state index contributed by atoms with van der Waals surface area (Å²) in [5, 5.41) is 2.93. The zero-order chi connectivity index (χ0) is 21.3. The average molecular weight is 406 g/mol. The van der Waals surface area contributed by atoms with Crippen molar-refractivity contribution < 1.29 is 9.18 Å². The lowest BCUT2D eigenvalue weighted by Gasteiger charge is -2.28. The molecule has 2 heterocycles. The summed E-state index contributed by atoms with van der Waals surface area (Å²) < 4.78 is 13.9. The van der Waals surface area contributed by atoms with Gasteiger partial charge in [0.1, 0.15) is 11.6 Å². The average Bonchev–Trinajstić information content (AvgIpc) is 2.73. The van der Waals surface area contributed by atoms with E-state index < -0.39 is 0 Å². The molecule has 1 aliphatic heterocycles. The Hall–Kier alpha value is -3.48. The number of nitrogens with one attached hydrogen (secondary N) is 2. The molecular formula is C23H23FN4O2. The van der Waals surface area contributed by atoms with Crippen LogP contribution >= 0.6 is 0 Å². The van der Waals surface area contributed by atoms with E-state index in [9.17, 15) is 14.0 Å². The maximum Gasteiger partial charge on any atom is 0.322 e. The van der Waals surface area contributed by atoms with Crippen LogP contribution in [0.4, 0.5) is 14.9 Å². The predicted molar refractivity (Wildman–Crippen MR) is 113 cm³/mol. The number of nitrogens with zero attached hydrogens (tertiary/aromatic N) is 2. The van der Waals surface area contributed by atoms with Crippen molar-refractivity contribution in [2.45, 2.75) is 33.2 Å². The lowest BCUT2D eigenvalue weighted by Crippen LogP contribution is -2.42. The number of amides is 2. The van der Waals surface area contributed by atoms with Crippen LogP contribution in [0.25, 0.3) is 0 Å². The molecule has 0 unspecified atom stereocenters. The molecule has 0 saturated carbocycles. The molecule has 0 atom stereocenters. The third kappa shape index (κ3) is 3.96. The van der Waals surface area contributed by atoms with Crippen molar-refractivity contribution in [2.24, 2.45) is 0 Å². The Kier molecular flexibility index (Phi) is 5.35. The zero-order valence-electron chi connectivity index (χ0n) is 17.0. The number of hydrogen-bond acceptors (Lipinski definition) is 3. The van der Waals surface area contributed by atoms with Gasteiger partial charge in [-0.3, -0.25) is 4.79 Å². The van der Waals surface area contributed by atoms with Crippen LogP contribution in [0.15, 0.2) is 47.3 Å². The van der Waals surface area contributed by atoms with Gasteiger partial charge < -0.3 is 15.2 Å². The first-order chi connectivity index (χ1) is 14.4. The number of H-pyrrole nitrogens is 1. The highest BCUT2D eigenvalue weighted by molar-refractivity contribution is 5.90. The number of fused-ring (bicyclic) bond motifs is 1. The van der Waals surface area contributed by atoms with Crippen molar-refractivity contribution in [2.75, 3.05) is 11.9 Å². The highest BCUT2D eigenvalue weighted by Gasteiger charge is 2.25. The largest absolute Gasteiger partial charge is 0.322 e. The second kappa shape index (κ2) is 8.10. The van der Waals surface area contributed by atoms with E-state index in [4.69, 9.17) is 0 Å². The van der Waals surface area contributed by atoms with E-state index in [2.05, 4.69) is 15.3 Å². The van der Waals surface area contributed by atoms with E-state index in [1.54, 1.807) is 23.1 Å². The smallest absolute Gasteiger partial charge is 0.320 e. The van der Waals surface area contributed by atoms with E-state index >= 15 is 0 Å². The van der Waals surface area contributed by atoms with Crippen LogP contribution in [0.1, 0.15) is 33.8 Å². The molecule has 30 heavy (non-hydrogen) atoms. The Labute approximate surface area is 173 Å². The van der Waals surface area contributed by atoms with Gasteiger partial charge in [-0.25, -0.2) is 14.2 Å². The van der Waals surface area contributed by atoms with Gasteiger partial charge >= 0.3 is 6.03 Å². The minimum Gasteiger partial charge on any atom is -0.320 e. The molecule has 1 aliphatic rings. The third-order valence-corrected chi connectivity index (χ3v) is 5.57. The van der Waals surface area contributed by atoms with Crippen LogP contribution in [0.5, 0.6) is 0 Å². The van der Waals surface area contributed by atoms with Gasteiger partial charge in [0.2, 0.25) is 0 Å². The number of anilines is 1. The molecule has 0 saturated heterocycles. The molecular weight excluding hydrogens is 383 g/mol. The number of halogens is 1. The number of urea groups is 1. The van der Waals surface area contributed by atoms with Crippen molar-refractivity contribution in [3.05, 3.63) is 92.4 Å². The van der Waals surface area contributed by atoms with Crippen molar-refractivity contribution >= 4 is 11.7 Å². The Morgan fingerprint density at radius 2 is 2.00 bits per heavy atom. The molecule has 0 bridgehead atoms. The lowest BCUT2D eigenvalue weighted by atomic mass is 10.1. The summed E-state index contributed by atoms with van der Waals surface area (Å²) in [5.74, 6) is 0.101. The normalized spacial score (nSPS) is 13.1. The fourth-order valence-electron chi connectivity index (χ4n) is 3.64. The number of hydrogen-bond donors (Lipinski definition) is 2. The molecule has 0 radical (unpaired) electrons. The molecule has 2 amide bonds. The SMILES string of the molecule is Cc1cccc(NC(=O)N2CCc3nc(Cc4ccccc4F)[nH]c(=O)c3C2)c1C. The van der Waals surface area contributed by atoms with Crippen LogP contribution in [0.2, 0.25) is 0 Å². The topological polar surface area (TPSA) is 78.1 Å². The Morgan fingerprint density at radius 1 is 1.20 bits per heavy atom. The zero-order valence-corrected chi connectivity index (χ0v) is 17.0. The van der Waals surface area contributed by atoms with Crippen LogP contribution in [-0.2, 0) is 19.4 Å². The summed E-state index contributed by atoms with van der Waals surface area (Å²) in [4.78, 5) is 34.3. The molecule has 7 heteroatoms. The van der Waals surface area contributed by atoms with Gasteiger partial charge in [0.25, 0.3) is 5.56 Å². The maximum absolute atomic E-state index is 13.9. The predicted octanol–water partition coefficient (Wildman–Crippen LogP) is 3.71. The minimum absolute atomic E-state index is 0.189. The third-order valence-electron chi connectivity index (χ3n) is 5.57. The first-order valence-electron chi connectivity index (χ1n) is 9.89. The van der Waals surface area contributed by atoms with Gasteiger partial charge in [0, 0.05) is 25.1 Å². The van der Waals surface area contributed by atoms with E-state index in [0.717, 1.165) is 16.8 Å². The van der Waals surface area contributed by atoms with Crippen LogP contribution in [0.3, 0.4) is 0 Å². The molecule has 1 aromatic heterocycles. The number of carbonyl (C=O) groups is 1. The van der Waals surface area contributed by atoms with Gasteiger partial charge in [-0.05, 0) is 42.7 Å². The van der Waals surface area contributed by atoms with Crippen LogP contribution in [0, 0.1) is 19.7 Å². The molecule has 154 valence electrons. The van der Waals surface area contributed by atoms with Crippen molar-refractivity contribution in [1.82, 2.24) is 14.9 Å². The number of aromatic nitrogens is 2. The summed E-state index contributed by atoms with van der Waals surface area (Å²) in [7, 11) is 0. The van der Waals surface area contributed by atoms with Gasteiger partial charge in [-0.1, -0.05) is 30.3 Å². The Balaban J connectivity index is 1.51. The van der Waals surface area contributed by atoms with Crippen LogP contribution < -0.4 is 10.9 Å².